The highest BCUT2D eigenvalue weighted by Crippen LogP contribution is 2.28. The second kappa shape index (κ2) is 9.12. The SMILES string of the molecule is N#Cc1ccc(NC(=O)N2CCN(C(=O)c3cc4ccccc4o3)CC2c2ccccc2)cc1. The number of hydrogen-bond donors (Lipinski definition) is 1. The normalized spacial score (nSPS) is 15.7. The molecule has 0 bridgehead atoms. The standard InChI is InChI=1S/C27H22N4O3/c28-17-19-10-12-22(13-11-19)29-27(33)31-15-14-30(18-23(31)20-6-2-1-3-7-20)26(32)25-16-21-8-4-5-9-24(21)34-25/h1-13,16,23H,14-15,18H2,(H,29,33). The Labute approximate surface area is 196 Å². The molecule has 3 aromatic carbocycles. The predicted molar refractivity (Wildman–Crippen MR) is 128 cm³/mol. The van der Waals surface area contributed by atoms with Crippen molar-refractivity contribution in [3.63, 3.8) is 0 Å². The Hall–Kier alpha value is -4.57. The predicted octanol–water partition coefficient (Wildman–Crippen LogP) is 5.04. The summed E-state index contributed by atoms with van der Waals surface area (Å²) in [5, 5.41) is 12.8. The molecule has 0 spiro atoms. The summed E-state index contributed by atoms with van der Waals surface area (Å²) >= 11 is 0. The number of furan rings is 1. The van der Waals surface area contributed by atoms with Crippen LogP contribution in [-0.4, -0.2) is 41.4 Å². The van der Waals surface area contributed by atoms with E-state index in [-0.39, 0.29) is 18.0 Å². The van der Waals surface area contributed by atoms with E-state index in [1.54, 1.807) is 40.1 Å². The summed E-state index contributed by atoms with van der Waals surface area (Å²) in [5.41, 5.74) is 2.75. The molecule has 7 heteroatoms. The smallest absolute Gasteiger partial charge is 0.322 e. The molecule has 0 radical (unpaired) electrons. The first-order valence-corrected chi connectivity index (χ1v) is 11.0. The minimum absolute atomic E-state index is 0.190. The van der Waals surface area contributed by atoms with E-state index in [0.29, 0.717) is 42.2 Å². The van der Waals surface area contributed by atoms with E-state index < -0.39 is 0 Å². The Morgan fingerprint density at radius 2 is 1.68 bits per heavy atom. The third-order valence-corrected chi connectivity index (χ3v) is 6.01. The molecule has 1 aromatic heterocycles. The minimum Gasteiger partial charge on any atom is -0.451 e. The van der Waals surface area contributed by atoms with Crippen molar-refractivity contribution in [3.8, 4) is 6.07 Å². The van der Waals surface area contributed by atoms with E-state index in [4.69, 9.17) is 9.68 Å². The molecular formula is C27H22N4O3. The molecule has 1 aliphatic heterocycles. The van der Waals surface area contributed by atoms with Gasteiger partial charge in [0.2, 0.25) is 0 Å². The van der Waals surface area contributed by atoms with Gasteiger partial charge in [-0.15, -0.1) is 0 Å². The molecule has 5 rings (SSSR count). The number of rotatable bonds is 3. The van der Waals surface area contributed by atoms with Crippen molar-refractivity contribution in [2.45, 2.75) is 6.04 Å². The summed E-state index contributed by atoms with van der Waals surface area (Å²) in [4.78, 5) is 29.9. The fourth-order valence-electron chi connectivity index (χ4n) is 4.24. The Kier molecular flexibility index (Phi) is 5.71. The number of nitriles is 1. The minimum atomic E-state index is -0.318. The van der Waals surface area contributed by atoms with Crippen LogP contribution in [0.15, 0.2) is 89.3 Å². The van der Waals surface area contributed by atoms with Gasteiger partial charge in [0.15, 0.2) is 5.76 Å². The number of carbonyl (C=O) groups excluding carboxylic acids is 2. The zero-order valence-corrected chi connectivity index (χ0v) is 18.3. The van der Waals surface area contributed by atoms with Crippen LogP contribution >= 0.6 is 0 Å². The summed E-state index contributed by atoms with van der Waals surface area (Å²) in [7, 11) is 0. The lowest BCUT2D eigenvalue weighted by Crippen LogP contribution is -2.53. The van der Waals surface area contributed by atoms with Crippen molar-refractivity contribution in [2.24, 2.45) is 0 Å². The second-order valence-corrected chi connectivity index (χ2v) is 8.14. The molecule has 1 fully saturated rings. The van der Waals surface area contributed by atoms with Gasteiger partial charge in [0, 0.05) is 30.7 Å². The fraction of sp³-hybridized carbons (Fsp3) is 0.148. The topological polar surface area (TPSA) is 89.6 Å². The maximum atomic E-state index is 13.3. The highest BCUT2D eigenvalue weighted by Gasteiger charge is 2.34. The maximum Gasteiger partial charge on any atom is 0.322 e. The maximum absolute atomic E-state index is 13.3. The quantitative estimate of drug-likeness (QED) is 0.474. The van der Waals surface area contributed by atoms with Crippen molar-refractivity contribution in [2.75, 3.05) is 25.0 Å². The number of piperazine rings is 1. The summed E-state index contributed by atoms with van der Waals surface area (Å²) < 4.78 is 5.79. The van der Waals surface area contributed by atoms with Crippen molar-refractivity contribution in [1.29, 1.82) is 5.26 Å². The van der Waals surface area contributed by atoms with E-state index in [9.17, 15) is 9.59 Å². The number of para-hydroxylation sites is 1. The van der Waals surface area contributed by atoms with Crippen LogP contribution < -0.4 is 5.32 Å². The van der Waals surface area contributed by atoms with Crippen LogP contribution in [0.5, 0.6) is 0 Å². The van der Waals surface area contributed by atoms with Crippen LogP contribution in [0.4, 0.5) is 10.5 Å². The Morgan fingerprint density at radius 1 is 0.941 bits per heavy atom. The van der Waals surface area contributed by atoms with Crippen molar-refractivity contribution >= 4 is 28.6 Å². The van der Waals surface area contributed by atoms with Crippen molar-refractivity contribution in [1.82, 2.24) is 9.80 Å². The number of benzene rings is 3. The molecule has 0 aliphatic carbocycles. The van der Waals surface area contributed by atoms with Gasteiger partial charge in [-0.3, -0.25) is 4.79 Å². The number of nitrogens with one attached hydrogen (secondary N) is 1. The number of amides is 3. The fourth-order valence-corrected chi connectivity index (χ4v) is 4.24. The van der Waals surface area contributed by atoms with Gasteiger partial charge in [-0.2, -0.15) is 5.26 Å². The molecule has 3 amide bonds. The lowest BCUT2D eigenvalue weighted by atomic mass is 10.0. The molecule has 168 valence electrons. The molecule has 4 aromatic rings. The van der Waals surface area contributed by atoms with E-state index in [2.05, 4.69) is 11.4 Å². The van der Waals surface area contributed by atoms with E-state index in [0.717, 1.165) is 10.9 Å². The molecule has 1 saturated heterocycles. The first kappa shape index (κ1) is 21.3. The van der Waals surface area contributed by atoms with Crippen LogP contribution in [0.3, 0.4) is 0 Å². The average molecular weight is 450 g/mol. The number of hydrogen-bond acceptors (Lipinski definition) is 4. The molecule has 1 N–H and O–H groups in total. The molecule has 0 saturated carbocycles. The molecular weight excluding hydrogens is 428 g/mol. The first-order valence-electron chi connectivity index (χ1n) is 11.0. The largest absolute Gasteiger partial charge is 0.451 e. The molecule has 2 heterocycles. The zero-order chi connectivity index (χ0) is 23.5. The van der Waals surface area contributed by atoms with Gasteiger partial charge in [-0.25, -0.2) is 4.79 Å². The van der Waals surface area contributed by atoms with Gasteiger partial charge in [0.05, 0.1) is 17.7 Å². The van der Waals surface area contributed by atoms with Gasteiger partial charge in [0.25, 0.3) is 5.91 Å². The zero-order valence-electron chi connectivity index (χ0n) is 18.3. The Morgan fingerprint density at radius 3 is 2.41 bits per heavy atom. The average Bonchev–Trinajstić information content (AvgIpc) is 3.33. The molecule has 1 aliphatic rings. The van der Waals surface area contributed by atoms with Crippen LogP contribution in [0.1, 0.15) is 27.7 Å². The van der Waals surface area contributed by atoms with Crippen LogP contribution in [-0.2, 0) is 0 Å². The van der Waals surface area contributed by atoms with E-state index in [1.165, 1.54) is 0 Å². The second-order valence-electron chi connectivity index (χ2n) is 8.14. The van der Waals surface area contributed by atoms with Crippen molar-refractivity contribution in [3.05, 3.63) is 102 Å². The summed E-state index contributed by atoms with van der Waals surface area (Å²) in [5.74, 6) is 0.104. The van der Waals surface area contributed by atoms with Gasteiger partial charge in [-0.1, -0.05) is 48.5 Å². The highest BCUT2D eigenvalue weighted by atomic mass is 16.3. The van der Waals surface area contributed by atoms with Gasteiger partial charge < -0.3 is 19.5 Å². The molecule has 1 atom stereocenters. The third-order valence-electron chi connectivity index (χ3n) is 6.01. The van der Waals surface area contributed by atoms with E-state index >= 15 is 0 Å². The van der Waals surface area contributed by atoms with Crippen LogP contribution in [0, 0.1) is 11.3 Å². The number of anilines is 1. The summed E-state index contributed by atoms with van der Waals surface area (Å²) in [6.07, 6.45) is 0. The monoisotopic (exact) mass is 450 g/mol. The Bertz CT molecular complexity index is 1340. The summed E-state index contributed by atoms with van der Waals surface area (Å²) in [6, 6.07) is 27.2. The van der Waals surface area contributed by atoms with Gasteiger partial charge in [-0.05, 0) is 42.0 Å². The van der Waals surface area contributed by atoms with Crippen LogP contribution in [0.25, 0.3) is 11.0 Å². The number of fused-ring (bicyclic) bond motifs is 1. The lowest BCUT2D eigenvalue weighted by molar-refractivity contribution is 0.0543. The highest BCUT2D eigenvalue weighted by molar-refractivity contribution is 5.96. The van der Waals surface area contributed by atoms with E-state index in [1.807, 2.05) is 54.6 Å². The third kappa shape index (κ3) is 4.21. The van der Waals surface area contributed by atoms with Crippen molar-refractivity contribution < 1.29 is 14.0 Å². The number of carbonyl (C=O) groups is 2. The lowest BCUT2D eigenvalue weighted by Gasteiger charge is -2.41. The first-order chi connectivity index (χ1) is 16.6. The Balaban J connectivity index is 1.37. The molecule has 7 nitrogen and oxygen atoms in total. The van der Waals surface area contributed by atoms with Gasteiger partial charge in [0.1, 0.15) is 5.58 Å². The van der Waals surface area contributed by atoms with Gasteiger partial charge >= 0.3 is 6.03 Å². The molecule has 34 heavy (non-hydrogen) atoms. The summed E-state index contributed by atoms with van der Waals surface area (Å²) in [6.45, 7) is 1.11. The number of nitrogens with zero attached hydrogens (tertiary/aromatic N) is 3. The number of urea groups is 1. The van der Waals surface area contributed by atoms with Crippen LogP contribution in [0.2, 0.25) is 0 Å². The molecule has 1 unspecified atom stereocenters.